The van der Waals surface area contributed by atoms with Gasteiger partial charge in [0.05, 0.1) is 12.6 Å². The highest BCUT2D eigenvalue weighted by atomic mass is 16.3. The van der Waals surface area contributed by atoms with Gasteiger partial charge in [-0.15, -0.1) is 6.42 Å². The summed E-state index contributed by atoms with van der Waals surface area (Å²) in [5.41, 5.74) is 7.31. The van der Waals surface area contributed by atoms with Crippen molar-refractivity contribution in [3.63, 3.8) is 0 Å². The SMILES string of the molecule is C#Cc1ccc(C(N)CO)cc1. The number of hydrogen-bond donors (Lipinski definition) is 2. The van der Waals surface area contributed by atoms with Crippen LogP contribution in [0.3, 0.4) is 0 Å². The van der Waals surface area contributed by atoms with E-state index in [1.807, 2.05) is 24.3 Å². The van der Waals surface area contributed by atoms with Crippen molar-refractivity contribution in [2.45, 2.75) is 6.04 Å². The van der Waals surface area contributed by atoms with Crippen molar-refractivity contribution in [1.29, 1.82) is 0 Å². The fourth-order valence-electron chi connectivity index (χ4n) is 0.932. The minimum absolute atomic E-state index is 0.0462. The number of rotatable bonds is 2. The average Bonchev–Trinajstić information content (AvgIpc) is 2.17. The van der Waals surface area contributed by atoms with Crippen LogP contribution < -0.4 is 5.73 Å². The number of aliphatic hydroxyl groups is 1. The maximum absolute atomic E-state index is 8.75. The second kappa shape index (κ2) is 3.91. The molecule has 1 atom stereocenters. The molecule has 0 aliphatic rings. The molecule has 2 nitrogen and oxygen atoms in total. The lowest BCUT2D eigenvalue weighted by molar-refractivity contribution is 0.268. The molecule has 1 unspecified atom stereocenters. The molecule has 0 fully saturated rings. The predicted molar refractivity (Wildman–Crippen MR) is 48.4 cm³/mol. The Balaban J connectivity index is 2.86. The summed E-state index contributed by atoms with van der Waals surface area (Å²) in [6.45, 7) is -0.0462. The molecule has 1 rings (SSSR count). The smallest absolute Gasteiger partial charge is 0.0624 e. The molecule has 0 saturated heterocycles. The van der Waals surface area contributed by atoms with Crippen LogP contribution in [0.1, 0.15) is 17.2 Å². The fraction of sp³-hybridized carbons (Fsp3) is 0.200. The monoisotopic (exact) mass is 161 g/mol. The van der Waals surface area contributed by atoms with Gasteiger partial charge in [-0.1, -0.05) is 18.1 Å². The quantitative estimate of drug-likeness (QED) is 0.626. The van der Waals surface area contributed by atoms with Crippen LogP contribution in [0.15, 0.2) is 24.3 Å². The normalized spacial score (nSPS) is 12.1. The molecule has 2 heteroatoms. The van der Waals surface area contributed by atoms with Crippen molar-refractivity contribution < 1.29 is 5.11 Å². The van der Waals surface area contributed by atoms with E-state index in [4.69, 9.17) is 17.3 Å². The highest BCUT2D eigenvalue weighted by molar-refractivity contribution is 5.35. The van der Waals surface area contributed by atoms with Gasteiger partial charge >= 0.3 is 0 Å². The first-order valence-corrected chi connectivity index (χ1v) is 3.71. The Labute approximate surface area is 72.0 Å². The van der Waals surface area contributed by atoms with E-state index in [9.17, 15) is 0 Å². The lowest BCUT2D eigenvalue weighted by atomic mass is 10.1. The van der Waals surface area contributed by atoms with Gasteiger partial charge in [-0.25, -0.2) is 0 Å². The summed E-state index contributed by atoms with van der Waals surface area (Å²) in [5.74, 6) is 2.51. The van der Waals surface area contributed by atoms with Crippen LogP contribution in [0.25, 0.3) is 0 Å². The Kier molecular flexibility index (Phi) is 2.87. The Bertz CT molecular complexity index is 284. The molecule has 3 N–H and O–H groups in total. The number of terminal acetylenes is 1. The zero-order valence-electron chi connectivity index (χ0n) is 6.70. The number of benzene rings is 1. The van der Waals surface area contributed by atoms with Gasteiger partial charge in [0.2, 0.25) is 0 Å². The molecule has 62 valence electrons. The summed E-state index contributed by atoms with van der Waals surface area (Å²) in [6, 6.07) is 6.97. The summed E-state index contributed by atoms with van der Waals surface area (Å²) in [6.07, 6.45) is 5.18. The number of aliphatic hydroxyl groups excluding tert-OH is 1. The van der Waals surface area contributed by atoms with Crippen molar-refractivity contribution in [3.05, 3.63) is 35.4 Å². The molecule has 0 aliphatic carbocycles. The second-order valence-corrected chi connectivity index (χ2v) is 2.56. The second-order valence-electron chi connectivity index (χ2n) is 2.56. The van der Waals surface area contributed by atoms with E-state index in [-0.39, 0.29) is 12.6 Å². The number of nitrogens with two attached hydrogens (primary N) is 1. The third kappa shape index (κ3) is 1.85. The van der Waals surface area contributed by atoms with Crippen LogP contribution >= 0.6 is 0 Å². The van der Waals surface area contributed by atoms with Crippen LogP contribution in [-0.2, 0) is 0 Å². The molecule has 0 aromatic heterocycles. The maximum atomic E-state index is 8.75. The molecule has 12 heavy (non-hydrogen) atoms. The van der Waals surface area contributed by atoms with E-state index in [2.05, 4.69) is 5.92 Å². The summed E-state index contributed by atoms with van der Waals surface area (Å²) in [7, 11) is 0. The summed E-state index contributed by atoms with van der Waals surface area (Å²) < 4.78 is 0. The third-order valence-corrected chi connectivity index (χ3v) is 1.70. The van der Waals surface area contributed by atoms with Crippen molar-refractivity contribution in [1.82, 2.24) is 0 Å². The van der Waals surface area contributed by atoms with E-state index in [1.54, 1.807) is 0 Å². The van der Waals surface area contributed by atoms with Gasteiger partial charge < -0.3 is 10.8 Å². The van der Waals surface area contributed by atoms with Gasteiger partial charge in [0.15, 0.2) is 0 Å². The lowest BCUT2D eigenvalue weighted by Crippen LogP contribution is -2.14. The van der Waals surface area contributed by atoms with Gasteiger partial charge in [0.25, 0.3) is 0 Å². The third-order valence-electron chi connectivity index (χ3n) is 1.70. The molecule has 0 aliphatic heterocycles. The van der Waals surface area contributed by atoms with Crippen molar-refractivity contribution in [2.75, 3.05) is 6.61 Å². The minimum atomic E-state index is -0.308. The largest absolute Gasteiger partial charge is 0.394 e. The molecule has 0 spiro atoms. The number of hydrogen-bond acceptors (Lipinski definition) is 2. The van der Waals surface area contributed by atoms with Crippen molar-refractivity contribution in [3.8, 4) is 12.3 Å². The van der Waals surface area contributed by atoms with E-state index in [0.29, 0.717) is 0 Å². The highest BCUT2D eigenvalue weighted by Gasteiger charge is 2.02. The van der Waals surface area contributed by atoms with Gasteiger partial charge in [-0.2, -0.15) is 0 Å². The van der Waals surface area contributed by atoms with Crippen molar-refractivity contribution >= 4 is 0 Å². The maximum Gasteiger partial charge on any atom is 0.0624 e. The van der Waals surface area contributed by atoms with Crippen LogP contribution in [0.4, 0.5) is 0 Å². The van der Waals surface area contributed by atoms with E-state index >= 15 is 0 Å². The first-order chi connectivity index (χ1) is 5.77. The summed E-state index contributed by atoms with van der Waals surface area (Å²) in [4.78, 5) is 0. The molecule has 0 heterocycles. The van der Waals surface area contributed by atoms with Crippen molar-refractivity contribution in [2.24, 2.45) is 5.73 Å². The van der Waals surface area contributed by atoms with Crippen LogP contribution in [-0.4, -0.2) is 11.7 Å². The molecular weight excluding hydrogens is 150 g/mol. The van der Waals surface area contributed by atoms with Crippen LogP contribution in [0, 0.1) is 12.3 Å². The van der Waals surface area contributed by atoms with E-state index in [1.165, 1.54) is 0 Å². The summed E-state index contributed by atoms with van der Waals surface area (Å²) >= 11 is 0. The molecule has 0 saturated carbocycles. The molecule has 0 radical (unpaired) electrons. The van der Waals surface area contributed by atoms with Crippen LogP contribution in [0.5, 0.6) is 0 Å². The Hall–Kier alpha value is -1.30. The fourth-order valence-corrected chi connectivity index (χ4v) is 0.932. The minimum Gasteiger partial charge on any atom is -0.394 e. The van der Waals surface area contributed by atoms with Gasteiger partial charge in [-0.05, 0) is 17.7 Å². The highest BCUT2D eigenvalue weighted by Crippen LogP contribution is 2.10. The molecular formula is C10H11NO. The first-order valence-electron chi connectivity index (χ1n) is 3.71. The molecule has 1 aromatic carbocycles. The van der Waals surface area contributed by atoms with Gasteiger partial charge in [-0.3, -0.25) is 0 Å². The Morgan fingerprint density at radius 2 is 2.00 bits per heavy atom. The molecule has 0 bridgehead atoms. The zero-order chi connectivity index (χ0) is 8.97. The standard InChI is InChI=1S/C10H11NO/c1-2-8-3-5-9(6-4-8)10(11)7-12/h1,3-6,10,12H,7,11H2. The van der Waals surface area contributed by atoms with Crippen LogP contribution in [0.2, 0.25) is 0 Å². The van der Waals surface area contributed by atoms with E-state index in [0.717, 1.165) is 11.1 Å². The van der Waals surface area contributed by atoms with Gasteiger partial charge in [0, 0.05) is 5.56 Å². The van der Waals surface area contributed by atoms with E-state index < -0.39 is 0 Å². The predicted octanol–water partition coefficient (Wildman–Crippen LogP) is 0.660. The average molecular weight is 161 g/mol. The lowest BCUT2D eigenvalue weighted by Gasteiger charge is -2.07. The zero-order valence-corrected chi connectivity index (χ0v) is 6.70. The molecule has 1 aromatic rings. The molecule has 0 amide bonds. The van der Waals surface area contributed by atoms with Gasteiger partial charge in [0.1, 0.15) is 0 Å². The first kappa shape index (κ1) is 8.79. The Morgan fingerprint density at radius 1 is 1.42 bits per heavy atom. The topological polar surface area (TPSA) is 46.2 Å². The Morgan fingerprint density at radius 3 is 2.42 bits per heavy atom. The summed E-state index contributed by atoms with van der Waals surface area (Å²) in [5, 5.41) is 8.75.